The van der Waals surface area contributed by atoms with E-state index in [1.54, 1.807) is 12.1 Å². The fraction of sp³-hybridized carbons (Fsp3) is 0.333. The van der Waals surface area contributed by atoms with E-state index in [1.807, 2.05) is 26.2 Å². The molecule has 0 spiro atoms. The van der Waals surface area contributed by atoms with Gasteiger partial charge in [0.05, 0.1) is 11.6 Å². The highest BCUT2D eigenvalue weighted by molar-refractivity contribution is 6.30. The number of likely N-dealkylation sites (N-methyl/N-ethyl adjacent to an activating group) is 1. The number of halogens is 3. The molecule has 2 N–H and O–H groups in total. The number of hydrogen-bond acceptors (Lipinski definition) is 6. The van der Waals surface area contributed by atoms with Gasteiger partial charge in [0.15, 0.2) is 6.29 Å². The van der Waals surface area contributed by atoms with Gasteiger partial charge in [-0.3, -0.25) is 4.79 Å². The van der Waals surface area contributed by atoms with Crippen molar-refractivity contribution in [2.24, 2.45) is 0 Å². The van der Waals surface area contributed by atoms with Gasteiger partial charge in [-0.05, 0) is 49.9 Å². The number of rotatable bonds is 9. The maximum Gasteiger partial charge on any atom is 0.157 e. The minimum Gasteiger partial charge on any atom is -0.486 e. The van der Waals surface area contributed by atoms with Crippen LogP contribution in [0.25, 0.3) is 0 Å². The molecule has 180 valence electrons. The van der Waals surface area contributed by atoms with Crippen molar-refractivity contribution in [3.8, 4) is 5.75 Å². The summed E-state index contributed by atoms with van der Waals surface area (Å²) >= 11 is 11.1. The molecular weight excluding hydrogens is 470 g/mol. The molecule has 0 aromatic heterocycles. The lowest BCUT2D eigenvalue weighted by molar-refractivity contribution is -0.112. The third-order valence-electron chi connectivity index (χ3n) is 4.52. The van der Waals surface area contributed by atoms with Crippen molar-refractivity contribution in [2.75, 3.05) is 27.3 Å². The van der Waals surface area contributed by atoms with E-state index in [0.29, 0.717) is 23.7 Å². The van der Waals surface area contributed by atoms with Crippen molar-refractivity contribution < 1.29 is 23.5 Å². The van der Waals surface area contributed by atoms with Crippen molar-refractivity contribution in [1.82, 2.24) is 10.6 Å². The van der Waals surface area contributed by atoms with E-state index < -0.39 is 5.82 Å². The van der Waals surface area contributed by atoms with E-state index in [0.717, 1.165) is 24.3 Å². The lowest BCUT2D eigenvalue weighted by Crippen LogP contribution is -2.46. The minimum absolute atomic E-state index is 0.0356. The molecule has 0 saturated heterocycles. The second-order valence-corrected chi connectivity index (χ2v) is 7.97. The van der Waals surface area contributed by atoms with Crippen LogP contribution in [0.4, 0.5) is 4.39 Å². The van der Waals surface area contributed by atoms with Gasteiger partial charge in [-0.2, -0.15) is 0 Å². The second-order valence-electron chi connectivity index (χ2n) is 7.13. The number of carbonyl (C=O) groups excluding carboxylic acids is 2. The van der Waals surface area contributed by atoms with Crippen LogP contribution in [0.1, 0.15) is 18.9 Å². The Balaban J connectivity index is 0.000000250. The molecule has 0 amide bonds. The molecule has 6 nitrogen and oxygen atoms in total. The number of nitrogens with one attached hydrogen (secondary N) is 2. The number of aldehydes is 2. The molecule has 3 rings (SSSR count). The number of ether oxygens (including phenoxy) is 2. The molecule has 1 atom stereocenters. The highest BCUT2D eigenvalue weighted by atomic mass is 35.5. The predicted octanol–water partition coefficient (Wildman–Crippen LogP) is 4.58. The van der Waals surface area contributed by atoms with E-state index in [4.69, 9.17) is 32.7 Å². The van der Waals surface area contributed by atoms with Gasteiger partial charge in [-0.25, -0.2) is 4.39 Å². The fourth-order valence-corrected chi connectivity index (χ4v) is 2.82. The third-order valence-corrected chi connectivity index (χ3v) is 5.08. The molecule has 0 radical (unpaired) electrons. The Morgan fingerprint density at radius 2 is 1.70 bits per heavy atom. The molecule has 0 saturated carbocycles. The van der Waals surface area contributed by atoms with Gasteiger partial charge in [-0.1, -0.05) is 35.3 Å². The number of hydrogen-bond donors (Lipinski definition) is 2. The average Bonchev–Trinajstić information content (AvgIpc) is 2.80. The van der Waals surface area contributed by atoms with E-state index in [-0.39, 0.29) is 23.8 Å². The number of carbonyl (C=O) groups is 2. The zero-order valence-corrected chi connectivity index (χ0v) is 20.4. The Morgan fingerprint density at radius 3 is 2.21 bits per heavy atom. The lowest BCUT2D eigenvalue weighted by Gasteiger charge is -2.36. The van der Waals surface area contributed by atoms with E-state index in [9.17, 15) is 14.0 Å². The van der Waals surface area contributed by atoms with Crippen LogP contribution in [0.5, 0.6) is 5.75 Å². The summed E-state index contributed by atoms with van der Waals surface area (Å²) in [7, 11) is 3.95. The molecule has 2 aromatic rings. The first kappa shape index (κ1) is 28.6. The summed E-state index contributed by atoms with van der Waals surface area (Å²) in [6, 6.07) is 11.3. The van der Waals surface area contributed by atoms with Crippen molar-refractivity contribution >= 4 is 35.8 Å². The normalized spacial score (nSPS) is 16.0. The molecule has 33 heavy (non-hydrogen) atoms. The van der Waals surface area contributed by atoms with Gasteiger partial charge in [0, 0.05) is 35.8 Å². The van der Waals surface area contributed by atoms with E-state index in [2.05, 4.69) is 23.6 Å². The van der Waals surface area contributed by atoms with Crippen LogP contribution in [-0.4, -0.2) is 45.4 Å². The molecule has 0 heterocycles. The summed E-state index contributed by atoms with van der Waals surface area (Å²) in [5.41, 5.74) is 2.62. The Labute approximate surface area is 204 Å². The van der Waals surface area contributed by atoms with Crippen LogP contribution < -0.4 is 15.4 Å². The Hall–Kier alpha value is -2.45. The molecular formula is C24H29Cl2FN2O4. The Kier molecular flexibility index (Phi) is 13.3. The van der Waals surface area contributed by atoms with E-state index in [1.165, 1.54) is 17.8 Å². The smallest absolute Gasteiger partial charge is 0.157 e. The second kappa shape index (κ2) is 15.4. The quantitative estimate of drug-likeness (QED) is 0.389. The fourth-order valence-electron chi connectivity index (χ4n) is 2.57. The monoisotopic (exact) mass is 498 g/mol. The average molecular weight is 499 g/mol. The van der Waals surface area contributed by atoms with Gasteiger partial charge < -0.3 is 24.9 Å². The maximum atomic E-state index is 12.7. The van der Waals surface area contributed by atoms with Crippen LogP contribution >= 0.6 is 23.2 Å². The molecule has 0 fully saturated rings. The van der Waals surface area contributed by atoms with Gasteiger partial charge >= 0.3 is 0 Å². The topological polar surface area (TPSA) is 76.7 Å². The Bertz CT molecular complexity index is 910. The van der Waals surface area contributed by atoms with Gasteiger partial charge in [0.2, 0.25) is 0 Å². The molecule has 1 aliphatic rings. The molecule has 1 aliphatic carbocycles. The first-order chi connectivity index (χ1) is 15.8. The van der Waals surface area contributed by atoms with Gasteiger partial charge in [0.1, 0.15) is 31.1 Å². The van der Waals surface area contributed by atoms with Crippen LogP contribution in [-0.2, 0) is 20.9 Å². The van der Waals surface area contributed by atoms with Gasteiger partial charge in [-0.15, -0.1) is 0 Å². The summed E-state index contributed by atoms with van der Waals surface area (Å²) in [6.07, 6.45) is 4.66. The lowest BCUT2D eigenvalue weighted by atomic mass is 9.84. The molecule has 9 heteroatoms. The van der Waals surface area contributed by atoms with Crippen molar-refractivity contribution in [2.45, 2.75) is 25.5 Å². The zero-order valence-electron chi connectivity index (χ0n) is 18.9. The first-order valence-electron chi connectivity index (χ1n) is 10.1. The number of benzene rings is 2. The van der Waals surface area contributed by atoms with Crippen molar-refractivity contribution in [3.05, 3.63) is 75.7 Å². The molecule has 1 unspecified atom stereocenters. The maximum absolute atomic E-state index is 12.7. The minimum atomic E-state index is -0.555. The summed E-state index contributed by atoms with van der Waals surface area (Å²) in [4.78, 5) is 19.8. The SMILES string of the molecule is CNC1=CC(C)(NC)C1.O=CCOCc1ccc(Cl)cc1.O=CCOc1ccc(Cl)c(F)c1. The van der Waals surface area contributed by atoms with Crippen molar-refractivity contribution in [1.29, 1.82) is 0 Å². The predicted molar refractivity (Wildman–Crippen MR) is 129 cm³/mol. The highest BCUT2D eigenvalue weighted by Gasteiger charge is 2.28. The highest BCUT2D eigenvalue weighted by Crippen LogP contribution is 2.26. The third kappa shape index (κ3) is 11.3. The summed E-state index contributed by atoms with van der Waals surface area (Å²) < 4.78 is 22.5. The van der Waals surface area contributed by atoms with Crippen molar-refractivity contribution in [3.63, 3.8) is 0 Å². The Morgan fingerprint density at radius 1 is 1.06 bits per heavy atom. The van der Waals surface area contributed by atoms with Crippen LogP contribution in [0.2, 0.25) is 10.0 Å². The summed E-state index contributed by atoms with van der Waals surface area (Å²) in [6.45, 7) is 2.70. The van der Waals surface area contributed by atoms with E-state index >= 15 is 0 Å². The van der Waals surface area contributed by atoms with Crippen LogP contribution in [0, 0.1) is 5.82 Å². The zero-order chi connectivity index (χ0) is 24.7. The van der Waals surface area contributed by atoms with Gasteiger partial charge in [0.25, 0.3) is 0 Å². The molecule has 0 bridgehead atoms. The summed E-state index contributed by atoms with van der Waals surface area (Å²) in [5.74, 6) is -0.260. The molecule has 2 aromatic carbocycles. The molecule has 0 aliphatic heterocycles. The first-order valence-corrected chi connectivity index (χ1v) is 10.9. The summed E-state index contributed by atoms with van der Waals surface area (Å²) in [5, 5.41) is 7.08. The van der Waals surface area contributed by atoms with Crippen LogP contribution in [0.3, 0.4) is 0 Å². The van der Waals surface area contributed by atoms with Crippen LogP contribution in [0.15, 0.2) is 54.2 Å². The largest absolute Gasteiger partial charge is 0.486 e. The standard InChI is InChI=1S/C9H9ClO2.C8H6ClFO2.C7H14N2/c10-9-3-1-8(2-4-9)7-12-6-5-11;9-7-2-1-6(5-8(7)10)12-4-3-11;1-7(9-3)4-6(5-7)8-2/h1-5H,6-7H2;1-3,5H,4H2;4,8-9H,5H2,1-3H3.